The highest BCUT2D eigenvalue weighted by atomic mass is 16.3. The molecule has 0 bridgehead atoms. The van der Waals surface area contributed by atoms with Crippen LogP contribution in [-0.2, 0) is 0 Å². The van der Waals surface area contributed by atoms with Crippen molar-refractivity contribution in [1.82, 2.24) is 0 Å². The predicted octanol–water partition coefficient (Wildman–Crippen LogP) is 7.03. The van der Waals surface area contributed by atoms with Crippen molar-refractivity contribution in [3.05, 3.63) is 108 Å². The van der Waals surface area contributed by atoms with Crippen LogP contribution in [0.25, 0.3) is 43.1 Å². The minimum absolute atomic E-state index is 0.401. The van der Waals surface area contributed by atoms with Crippen molar-refractivity contribution in [3.63, 3.8) is 0 Å². The van der Waals surface area contributed by atoms with Crippen molar-refractivity contribution in [3.8, 4) is 0 Å². The van der Waals surface area contributed by atoms with E-state index in [0.29, 0.717) is 0 Å². The molecule has 1 fully saturated rings. The Labute approximate surface area is 234 Å². The summed E-state index contributed by atoms with van der Waals surface area (Å²) in [6, 6.07) is 33.6. The van der Waals surface area contributed by atoms with Crippen molar-refractivity contribution in [2.45, 2.75) is 24.0 Å². The summed E-state index contributed by atoms with van der Waals surface area (Å²) in [6.07, 6.45) is -1.46. The van der Waals surface area contributed by atoms with Crippen LogP contribution >= 0.6 is 0 Å². The molecule has 4 nitrogen and oxygen atoms in total. The van der Waals surface area contributed by atoms with Gasteiger partial charge in [-0.2, -0.15) is 0 Å². The van der Waals surface area contributed by atoms with E-state index < -0.39 is 24.0 Å². The molecule has 0 spiro atoms. The summed E-state index contributed by atoms with van der Waals surface area (Å²) >= 11 is 0. The second-order valence-corrected chi connectivity index (χ2v) is 11.5. The van der Waals surface area contributed by atoms with Gasteiger partial charge >= 0.3 is 0 Å². The molecule has 6 aromatic rings. The van der Waals surface area contributed by atoms with Gasteiger partial charge in [-0.1, -0.05) is 97.1 Å². The van der Waals surface area contributed by atoms with Gasteiger partial charge < -0.3 is 20.0 Å². The van der Waals surface area contributed by atoms with Gasteiger partial charge in [0.25, 0.3) is 0 Å². The van der Waals surface area contributed by atoms with Crippen LogP contribution in [0.4, 0.5) is 11.4 Å². The number of benzene rings is 6. The van der Waals surface area contributed by atoms with Gasteiger partial charge in [-0.3, -0.25) is 0 Å². The highest BCUT2D eigenvalue weighted by Gasteiger charge is 2.52. The van der Waals surface area contributed by atoms with Crippen LogP contribution in [0.15, 0.2) is 97.1 Å². The number of nitrogens with zero attached hydrogens (tertiary/aromatic N) is 2. The van der Waals surface area contributed by atoms with E-state index in [2.05, 4.69) is 135 Å². The first-order chi connectivity index (χ1) is 19.4. The molecule has 6 aromatic carbocycles. The maximum Gasteiger partial charge on any atom is 0.0728 e. The molecule has 200 valence electrons. The van der Waals surface area contributed by atoms with Crippen LogP contribution in [0.2, 0.25) is 0 Å². The molecule has 0 amide bonds. The lowest BCUT2D eigenvalue weighted by Crippen LogP contribution is -2.52. The topological polar surface area (TPSA) is 46.9 Å². The molecule has 1 aliphatic rings. The van der Waals surface area contributed by atoms with E-state index in [9.17, 15) is 10.2 Å². The summed E-state index contributed by atoms with van der Waals surface area (Å²) < 4.78 is 0. The average Bonchev–Trinajstić information content (AvgIpc) is 2.96. The number of rotatable bonds is 4. The van der Waals surface area contributed by atoms with Gasteiger partial charge in [0.2, 0.25) is 0 Å². The summed E-state index contributed by atoms with van der Waals surface area (Å²) in [4.78, 5) is 4.32. The Balaban J connectivity index is 1.47. The lowest BCUT2D eigenvalue weighted by Gasteiger charge is -2.48. The fraction of sp³-hybridized carbons (Fsp3) is 0.222. The smallest absolute Gasteiger partial charge is 0.0728 e. The first-order valence-electron chi connectivity index (χ1n) is 14.0. The lowest BCUT2D eigenvalue weighted by atomic mass is 9.60. The second-order valence-electron chi connectivity index (χ2n) is 11.5. The van der Waals surface area contributed by atoms with Gasteiger partial charge in [-0.25, -0.2) is 0 Å². The number of hydrogen-bond acceptors (Lipinski definition) is 4. The van der Waals surface area contributed by atoms with Crippen LogP contribution in [0.3, 0.4) is 0 Å². The van der Waals surface area contributed by atoms with Crippen molar-refractivity contribution in [2.24, 2.45) is 0 Å². The van der Waals surface area contributed by atoms with E-state index in [4.69, 9.17) is 0 Å². The Morgan fingerprint density at radius 3 is 0.850 bits per heavy atom. The minimum atomic E-state index is -0.732. The number of aliphatic hydroxyl groups is 2. The zero-order valence-corrected chi connectivity index (χ0v) is 23.3. The Morgan fingerprint density at radius 1 is 0.400 bits per heavy atom. The number of anilines is 2. The monoisotopic (exact) mass is 526 g/mol. The molecule has 1 saturated carbocycles. The first-order valence-corrected chi connectivity index (χ1v) is 14.0. The van der Waals surface area contributed by atoms with Crippen LogP contribution in [0.5, 0.6) is 0 Å². The molecule has 0 aromatic heterocycles. The highest BCUT2D eigenvalue weighted by Crippen LogP contribution is 2.55. The minimum Gasteiger partial charge on any atom is -0.392 e. The van der Waals surface area contributed by atoms with E-state index in [1.807, 2.05) is 0 Å². The van der Waals surface area contributed by atoms with E-state index >= 15 is 0 Å². The van der Waals surface area contributed by atoms with E-state index in [-0.39, 0.29) is 0 Å². The maximum absolute atomic E-state index is 12.1. The van der Waals surface area contributed by atoms with E-state index in [1.54, 1.807) is 0 Å². The lowest BCUT2D eigenvalue weighted by molar-refractivity contribution is -0.0765. The van der Waals surface area contributed by atoms with Gasteiger partial charge in [0, 0.05) is 61.6 Å². The van der Waals surface area contributed by atoms with Crippen LogP contribution in [-0.4, -0.2) is 50.6 Å². The van der Waals surface area contributed by atoms with Gasteiger partial charge in [0.1, 0.15) is 0 Å². The quantitative estimate of drug-likeness (QED) is 0.242. The Kier molecular flexibility index (Phi) is 5.74. The standard InChI is InChI=1S/C36H34N2O2/c1-37(2)33-25-17-9-5-13-21(25)29(22-14-6-10-18-26(22)33)31-35(39)32(36(31)40)30-23-15-7-11-19-27(23)34(38(3)4)28-20-12-8-16-24(28)30/h5-20,31-32,35-36,39-40H,1-4H3. The Hall–Kier alpha value is -4.12. The first kappa shape index (κ1) is 24.9. The fourth-order valence-corrected chi connectivity index (χ4v) is 7.35. The summed E-state index contributed by atoms with van der Waals surface area (Å²) in [6.45, 7) is 0. The number of aliphatic hydroxyl groups excluding tert-OH is 2. The molecule has 0 heterocycles. The van der Waals surface area contributed by atoms with E-state index in [1.165, 1.54) is 0 Å². The summed E-state index contributed by atoms with van der Waals surface area (Å²) in [5.74, 6) is -0.802. The zero-order chi connectivity index (χ0) is 27.7. The van der Waals surface area contributed by atoms with Crippen molar-refractivity contribution in [2.75, 3.05) is 38.0 Å². The fourth-order valence-electron chi connectivity index (χ4n) is 7.35. The number of hydrogen-bond donors (Lipinski definition) is 2. The molecule has 7 rings (SSSR count). The van der Waals surface area contributed by atoms with Crippen molar-refractivity contribution in [1.29, 1.82) is 0 Å². The van der Waals surface area contributed by atoms with Gasteiger partial charge in [0.05, 0.1) is 23.6 Å². The summed E-state index contributed by atoms with van der Waals surface area (Å²) in [5.41, 5.74) is 4.38. The van der Waals surface area contributed by atoms with E-state index in [0.717, 1.165) is 65.6 Å². The molecule has 0 saturated heterocycles. The highest BCUT2D eigenvalue weighted by molar-refractivity contribution is 6.16. The van der Waals surface area contributed by atoms with Gasteiger partial charge in [0.15, 0.2) is 0 Å². The molecule has 0 unspecified atom stereocenters. The predicted molar refractivity (Wildman–Crippen MR) is 169 cm³/mol. The second kappa shape index (κ2) is 9.22. The Bertz CT molecular complexity index is 1660. The molecule has 2 N–H and O–H groups in total. The van der Waals surface area contributed by atoms with Crippen LogP contribution < -0.4 is 9.80 Å². The number of fused-ring (bicyclic) bond motifs is 4. The average molecular weight is 527 g/mol. The molecular weight excluding hydrogens is 492 g/mol. The molecular formula is C36H34N2O2. The van der Waals surface area contributed by atoms with Gasteiger partial charge in [-0.15, -0.1) is 0 Å². The molecule has 0 atom stereocenters. The molecule has 4 heteroatoms. The van der Waals surface area contributed by atoms with Crippen molar-refractivity contribution < 1.29 is 10.2 Å². The maximum atomic E-state index is 12.1. The van der Waals surface area contributed by atoms with Gasteiger partial charge in [-0.05, 0) is 32.7 Å². The largest absolute Gasteiger partial charge is 0.392 e. The molecule has 0 aliphatic heterocycles. The van der Waals surface area contributed by atoms with Crippen LogP contribution in [0, 0.1) is 0 Å². The molecule has 0 radical (unpaired) electrons. The van der Waals surface area contributed by atoms with Crippen LogP contribution in [0.1, 0.15) is 23.0 Å². The summed E-state index contributed by atoms with van der Waals surface area (Å²) in [5, 5.41) is 33.0. The Morgan fingerprint density at radius 2 is 0.625 bits per heavy atom. The SMILES string of the molecule is CN(C)c1c2ccccc2c(C2C(O)C(c3c4ccccc4c(N(C)C)c4ccccc34)C2O)c2ccccc12. The van der Waals surface area contributed by atoms with Crippen molar-refractivity contribution >= 4 is 54.5 Å². The third-order valence-corrected chi connectivity index (χ3v) is 8.92. The third-order valence-electron chi connectivity index (χ3n) is 8.92. The third kappa shape index (κ3) is 3.39. The molecule has 40 heavy (non-hydrogen) atoms. The normalized spacial score (nSPS) is 20.8. The zero-order valence-electron chi connectivity index (χ0n) is 23.3. The molecule has 1 aliphatic carbocycles. The summed E-state index contributed by atoms with van der Waals surface area (Å²) in [7, 11) is 8.30.